The number of rotatable bonds is 8. The van der Waals surface area contributed by atoms with Crippen LogP contribution in [0.4, 0.5) is 10.1 Å². The highest BCUT2D eigenvalue weighted by Crippen LogP contribution is 2.35. The normalized spacial score (nSPS) is 16.1. The molecule has 0 N–H and O–H groups in total. The Labute approximate surface area is 177 Å². The number of esters is 1. The molecule has 1 fully saturated rings. The predicted molar refractivity (Wildman–Crippen MR) is 115 cm³/mol. The van der Waals surface area contributed by atoms with Crippen LogP contribution in [0.25, 0.3) is 0 Å². The van der Waals surface area contributed by atoms with E-state index >= 15 is 0 Å². The van der Waals surface area contributed by atoms with Crippen molar-refractivity contribution in [2.45, 2.75) is 38.1 Å². The summed E-state index contributed by atoms with van der Waals surface area (Å²) < 4.78 is 17.8. The molecule has 0 radical (unpaired) electrons. The zero-order valence-corrected chi connectivity index (χ0v) is 17.4. The second kappa shape index (κ2) is 10.3. The van der Waals surface area contributed by atoms with Crippen LogP contribution in [0, 0.1) is 0 Å². The number of piperidine rings is 1. The summed E-state index contributed by atoms with van der Waals surface area (Å²) in [5.74, 6) is -0.840. The zero-order valence-electron chi connectivity index (χ0n) is 17.4. The Morgan fingerprint density at radius 1 is 1.03 bits per heavy atom. The Kier molecular flexibility index (Phi) is 7.57. The third kappa shape index (κ3) is 4.87. The van der Waals surface area contributed by atoms with E-state index in [-0.39, 0.29) is 12.3 Å². The molecule has 1 heterocycles. The highest BCUT2D eigenvalue weighted by molar-refractivity contribution is 6.02. The minimum Gasteiger partial charge on any atom is -0.432 e. The average Bonchev–Trinajstić information content (AvgIpc) is 2.80. The fourth-order valence-corrected chi connectivity index (χ4v) is 4.15. The molecule has 0 aromatic heterocycles. The van der Waals surface area contributed by atoms with Gasteiger partial charge in [-0.1, -0.05) is 55.5 Å². The van der Waals surface area contributed by atoms with Crippen molar-refractivity contribution in [2.24, 2.45) is 0 Å². The van der Waals surface area contributed by atoms with Gasteiger partial charge >= 0.3 is 5.97 Å². The van der Waals surface area contributed by atoms with Gasteiger partial charge in [0.15, 0.2) is 0 Å². The van der Waals surface area contributed by atoms with E-state index in [1.54, 1.807) is 24.0 Å². The minimum absolute atomic E-state index is 0.172. The smallest absolute Gasteiger partial charge is 0.334 e. The fourth-order valence-electron chi connectivity index (χ4n) is 4.15. The molecule has 5 nitrogen and oxygen atoms in total. The Bertz CT molecular complexity index is 821. The highest BCUT2D eigenvalue weighted by atomic mass is 18.2. The number of hydrogen-bond acceptors (Lipinski definition) is 4. The lowest BCUT2D eigenvalue weighted by Crippen LogP contribution is -2.63. The highest BCUT2D eigenvalue weighted by Gasteiger charge is 2.50. The third-order valence-corrected chi connectivity index (χ3v) is 5.80. The predicted octanol–water partition coefficient (Wildman–Crippen LogP) is 3.98. The molecular formula is C24H29FN2O3. The third-order valence-electron chi connectivity index (χ3n) is 5.80. The van der Waals surface area contributed by atoms with Crippen molar-refractivity contribution >= 4 is 17.6 Å². The van der Waals surface area contributed by atoms with E-state index in [1.165, 1.54) is 5.56 Å². The van der Waals surface area contributed by atoms with Gasteiger partial charge in [0.25, 0.3) is 0 Å². The molecule has 2 aromatic carbocycles. The fraction of sp³-hybridized carbons (Fsp3) is 0.417. The number of anilines is 1. The van der Waals surface area contributed by atoms with Crippen LogP contribution in [-0.2, 0) is 20.7 Å². The lowest BCUT2D eigenvalue weighted by molar-refractivity contribution is -0.157. The summed E-state index contributed by atoms with van der Waals surface area (Å²) in [4.78, 5) is 29.7. The number of likely N-dealkylation sites (tertiary alicyclic amines) is 1. The first-order valence-corrected chi connectivity index (χ1v) is 10.5. The van der Waals surface area contributed by atoms with E-state index in [4.69, 9.17) is 4.74 Å². The summed E-state index contributed by atoms with van der Waals surface area (Å²) in [6.45, 7) is 2.71. The topological polar surface area (TPSA) is 49.9 Å². The summed E-state index contributed by atoms with van der Waals surface area (Å²) in [6, 6.07) is 19.4. The number of ether oxygens (including phenoxy) is 1. The number of carbonyl (C=O) groups excluding carboxylic acids is 2. The molecule has 1 aliphatic rings. The Hall–Kier alpha value is -2.73. The summed E-state index contributed by atoms with van der Waals surface area (Å²) in [5, 5.41) is 0. The van der Waals surface area contributed by atoms with Gasteiger partial charge in [0.2, 0.25) is 12.8 Å². The van der Waals surface area contributed by atoms with E-state index in [1.807, 2.05) is 36.4 Å². The molecular weight excluding hydrogens is 382 g/mol. The van der Waals surface area contributed by atoms with Crippen molar-refractivity contribution in [2.75, 3.05) is 31.4 Å². The lowest BCUT2D eigenvalue weighted by Gasteiger charge is -2.46. The second-order valence-corrected chi connectivity index (χ2v) is 7.57. The van der Waals surface area contributed by atoms with E-state index < -0.39 is 18.4 Å². The number of hydrogen-bond donors (Lipinski definition) is 0. The largest absolute Gasteiger partial charge is 0.432 e. The van der Waals surface area contributed by atoms with Gasteiger partial charge in [-0.05, 0) is 37.0 Å². The molecule has 160 valence electrons. The Morgan fingerprint density at radius 3 is 2.20 bits per heavy atom. The first kappa shape index (κ1) is 22.0. The van der Waals surface area contributed by atoms with Crippen LogP contribution in [0.1, 0.15) is 31.7 Å². The Morgan fingerprint density at radius 2 is 1.63 bits per heavy atom. The summed E-state index contributed by atoms with van der Waals surface area (Å²) in [7, 11) is 0. The quantitative estimate of drug-likeness (QED) is 0.617. The number of alkyl halides is 1. The molecule has 30 heavy (non-hydrogen) atoms. The lowest BCUT2D eigenvalue weighted by atomic mass is 9.84. The van der Waals surface area contributed by atoms with Crippen molar-refractivity contribution in [3.8, 4) is 0 Å². The van der Waals surface area contributed by atoms with Crippen molar-refractivity contribution in [1.29, 1.82) is 0 Å². The second-order valence-electron chi connectivity index (χ2n) is 7.57. The molecule has 0 atom stereocenters. The van der Waals surface area contributed by atoms with Gasteiger partial charge < -0.3 is 9.64 Å². The molecule has 0 unspecified atom stereocenters. The summed E-state index contributed by atoms with van der Waals surface area (Å²) in [5.41, 5.74) is 0.709. The maximum Gasteiger partial charge on any atom is 0.334 e. The zero-order chi connectivity index (χ0) is 21.4. The Balaban J connectivity index is 1.80. The van der Waals surface area contributed by atoms with Crippen LogP contribution < -0.4 is 4.90 Å². The molecule has 1 aliphatic heterocycles. The van der Waals surface area contributed by atoms with Crippen molar-refractivity contribution in [3.63, 3.8) is 0 Å². The summed E-state index contributed by atoms with van der Waals surface area (Å²) >= 11 is 0. The maximum absolute atomic E-state index is 13.0. The van der Waals surface area contributed by atoms with Gasteiger partial charge in [-0.25, -0.2) is 9.18 Å². The molecule has 0 aliphatic carbocycles. The molecule has 1 saturated heterocycles. The van der Waals surface area contributed by atoms with Gasteiger partial charge in [-0.3, -0.25) is 9.69 Å². The van der Waals surface area contributed by atoms with E-state index in [9.17, 15) is 14.0 Å². The molecule has 6 heteroatoms. The van der Waals surface area contributed by atoms with E-state index in [0.29, 0.717) is 31.6 Å². The number of amides is 1. The molecule has 0 saturated carbocycles. The SMILES string of the molecule is CCC(=O)N(c1ccccc1)C1(C(=O)OC[18F])CCN(CCc2ccccc2)CC1. The molecule has 3 rings (SSSR count). The van der Waals surface area contributed by atoms with Crippen LogP contribution in [0.5, 0.6) is 0 Å². The van der Waals surface area contributed by atoms with Crippen molar-refractivity contribution < 1.29 is 18.7 Å². The molecule has 0 bridgehead atoms. The number of benzene rings is 2. The minimum atomic E-state index is -1.19. The molecule has 0 spiro atoms. The van der Waals surface area contributed by atoms with Crippen LogP contribution in [-0.4, -0.2) is 48.8 Å². The first-order valence-electron chi connectivity index (χ1n) is 10.5. The van der Waals surface area contributed by atoms with Gasteiger partial charge in [0, 0.05) is 31.7 Å². The number of carbonyl (C=O) groups is 2. The van der Waals surface area contributed by atoms with Gasteiger partial charge in [0.1, 0.15) is 5.54 Å². The molecule has 2 aromatic rings. The van der Waals surface area contributed by atoms with Gasteiger partial charge in [0.05, 0.1) is 0 Å². The van der Waals surface area contributed by atoms with Crippen molar-refractivity contribution in [1.82, 2.24) is 4.90 Å². The van der Waals surface area contributed by atoms with Crippen LogP contribution in [0.15, 0.2) is 60.7 Å². The van der Waals surface area contributed by atoms with E-state index in [2.05, 4.69) is 17.0 Å². The van der Waals surface area contributed by atoms with Gasteiger partial charge in [-0.2, -0.15) is 0 Å². The first-order chi connectivity index (χ1) is 14.6. The number of halogens is 1. The van der Waals surface area contributed by atoms with E-state index in [0.717, 1.165) is 13.0 Å². The van der Waals surface area contributed by atoms with Crippen molar-refractivity contribution in [3.05, 3.63) is 66.2 Å². The standard InChI is InChI=1S/C24H29FN2O3/c1-2-22(28)27(21-11-7-4-8-12-21)24(23(29)30-19-25)14-17-26(18-15-24)16-13-20-9-5-3-6-10-20/h3-12H,2,13-19H2,1H3/i25-1. The number of para-hydroxylation sites is 1. The summed E-state index contributed by atoms with van der Waals surface area (Å²) in [6.07, 6.45) is 1.97. The van der Waals surface area contributed by atoms with Crippen LogP contribution in [0.2, 0.25) is 0 Å². The van der Waals surface area contributed by atoms with Gasteiger partial charge in [-0.15, -0.1) is 0 Å². The monoisotopic (exact) mass is 411 g/mol. The number of nitrogens with zero attached hydrogens (tertiary/aromatic N) is 2. The molecule has 1 amide bonds. The maximum atomic E-state index is 13.0. The average molecular weight is 412 g/mol. The van der Waals surface area contributed by atoms with Crippen LogP contribution in [0.3, 0.4) is 0 Å². The van der Waals surface area contributed by atoms with Crippen LogP contribution >= 0.6 is 0 Å².